The number of nitrogens with one attached hydrogen (secondary N) is 1. The minimum Gasteiger partial charge on any atom is -0.342 e. The van der Waals surface area contributed by atoms with Crippen molar-refractivity contribution in [1.29, 1.82) is 0 Å². The number of aromatic nitrogens is 1. The van der Waals surface area contributed by atoms with Gasteiger partial charge in [0.25, 0.3) is 0 Å². The number of rotatable bonds is 5. The van der Waals surface area contributed by atoms with Gasteiger partial charge in [-0.15, -0.1) is 36.6 Å². The van der Waals surface area contributed by atoms with Crippen LogP contribution in [0.3, 0.4) is 0 Å². The van der Waals surface area contributed by atoms with Gasteiger partial charge in [0, 0.05) is 25.0 Å². The third-order valence-corrected chi connectivity index (χ3v) is 4.40. The van der Waals surface area contributed by atoms with Gasteiger partial charge in [0.15, 0.2) is 0 Å². The summed E-state index contributed by atoms with van der Waals surface area (Å²) in [7, 11) is 1.93. The van der Waals surface area contributed by atoms with Gasteiger partial charge < -0.3 is 10.2 Å². The molecule has 0 saturated carbocycles. The van der Waals surface area contributed by atoms with Crippen LogP contribution in [0.4, 0.5) is 0 Å². The highest BCUT2D eigenvalue weighted by Crippen LogP contribution is 2.14. The summed E-state index contributed by atoms with van der Waals surface area (Å²) < 4.78 is 0. The van der Waals surface area contributed by atoms with Crippen molar-refractivity contribution in [2.75, 3.05) is 25.9 Å². The van der Waals surface area contributed by atoms with Crippen LogP contribution in [-0.2, 0) is 10.5 Å². The molecule has 2 heterocycles. The molecule has 7 heteroatoms. The van der Waals surface area contributed by atoms with Gasteiger partial charge in [0.1, 0.15) is 0 Å². The summed E-state index contributed by atoms with van der Waals surface area (Å²) in [6, 6.07) is 6.29. The van der Waals surface area contributed by atoms with Gasteiger partial charge in [-0.1, -0.05) is 6.07 Å². The van der Waals surface area contributed by atoms with Gasteiger partial charge in [-0.25, -0.2) is 0 Å². The highest BCUT2D eigenvalue weighted by Gasteiger charge is 2.21. The number of carbonyl (C=O) groups excluding carboxylic acids is 1. The molecule has 1 aliphatic heterocycles. The van der Waals surface area contributed by atoms with Gasteiger partial charge >= 0.3 is 0 Å². The van der Waals surface area contributed by atoms with Crippen molar-refractivity contribution in [1.82, 2.24) is 15.2 Å². The van der Waals surface area contributed by atoms with Crippen molar-refractivity contribution < 1.29 is 4.79 Å². The van der Waals surface area contributed by atoms with Crippen LogP contribution in [0.2, 0.25) is 0 Å². The van der Waals surface area contributed by atoms with Crippen LogP contribution in [0.1, 0.15) is 18.5 Å². The standard InChI is InChI=1S/C14H21N3OS.2ClH/c1-17(13-5-8-15-9-6-13)14(18)11-19-10-12-4-2-3-7-16-12;;/h2-4,7,13,15H,5-6,8-11H2,1H3;2*1H. The first-order valence-electron chi connectivity index (χ1n) is 6.71. The van der Waals surface area contributed by atoms with Gasteiger partial charge in [-0.2, -0.15) is 0 Å². The topological polar surface area (TPSA) is 45.2 Å². The van der Waals surface area contributed by atoms with Gasteiger partial charge in [-0.05, 0) is 38.1 Å². The van der Waals surface area contributed by atoms with Crippen LogP contribution in [0.15, 0.2) is 24.4 Å². The molecule has 0 bridgehead atoms. The Morgan fingerprint density at radius 1 is 1.38 bits per heavy atom. The molecule has 1 amide bonds. The quantitative estimate of drug-likeness (QED) is 0.884. The van der Waals surface area contributed by atoms with Gasteiger partial charge in [-0.3, -0.25) is 9.78 Å². The summed E-state index contributed by atoms with van der Waals surface area (Å²) in [6.07, 6.45) is 3.92. The Bertz CT molecular complexity index is 402. The summed E-state index contributed by atoms with van der Waals surface area (Å²) in [5.41, 5.74) is 1.03. The molecule has 1 fully saturated rings. The Morgan fingerprint density at radius 3 is 2.71 bits per heavy atom. The molecule has 0 aliphatic carbocycles. The molecule has 21 heavy (non-hydrogen) atoms. The van der Waals surface area contributed by atoms with E-state index in [2.05, 4.69) is 10.3 Å². The maximum absolute atomic E-state index is 12.1. The Labute approximate surface area is 143 Å². The Morgan fingerprint density at radius 2 is 2.10 bits per heavy atom. The van der Waals surface area contributed by atoms with Gasteiger partial charge in [0.2, 0.25) is 5.91 Å². The second kappa shape index (κ2) is 11.1. The van der Waals surface area contributed by atoms with Crippen molar-refractivity contribution >= 4 is 42.5 Å². The molecule has 0 radical (unpaired) electrons. The molecule has 4 nitrogen and oxygen atoms in total. The molecule has 2 rings (SSSR count). The summed E-state index contributed by atoms with van der Waals surface area (Å²) in [5, 5.41) is 3.32. The van der Waals surface area contributed by atoms with E-state index in [1.807, 2.05) is 30.1 Å². The second-order valence-corrected chi connectivity index (χ2v) is 5.79. The first-order valence-corrected chi connectivity index (χ1v) is 7.87. The molecule has 0 aromatic carbocycles. The van der Waals surface area contributed by atoms with Crippen LogP contribution >= 0.6 is 36.6 Å². The summed E-state index contributed by atoms with van der Waals surface area (Å²) in [6.45, 7) is 2.03. The average molecular weight is 352 g/mol. The van der Waals surface area contributed by atoms with Crippen molar-refractivity contribution in [3.63, 3.8) is 0 Å². The Hall–Kier alpha value is -0.490. The van der Waals surface area contributed by atoms with E-state index in [0.717, 1.165) is 37.4 Å². The maximum atomic E-state index is 12.1. The molecular weight excluding hydrogens is 329 g/mol. The second-order valence-electron chi connectivity index (χ2n) is 4.80. The van der Waals surface area contributed by atoms with Crippen LogP contribution in [0.25, 0.3) is 0 Å². The lowest BCUT2D eigenvalue weighted by Crippen LogP contribution is -2.44. The number of amides is 1. The lowest BCUT2D eigenvalue weighted by molar-refractivity contribution is -0.129. The lowest BCUT2D eigenvalue weighted by atomic mass is 10.1. The minimum atomic E-state index is 0. The summed E-state index contributed by atoms with van der Waals surface area (Å²) in [4.78, 5) is 18.3. The molecule has 1 aromatic rings. The number of halogens is 2. The number of nitrogens with zero attached hydrogens (tertiary/aromatic N) is 2. The van der Waals surface area contributed by atoms with Crippen molar-refractivity contribution in [3.8, 4) is 0 Å². The van der Waals surface area contributed by atoms with E-state index in [0.29, 0.717) is 11.8 Å². The predicted octanol–water partition coefficient (Wildman–Crippen LogP) is 2.37. The first kappa shape index (κ1) is 20.5. The fourth-order valence-electron chi connectivity index (χ4n) is 2.23. The summed E-state index contributed by atoms with van der Waals surface area (Å²) in [5.74, 6) is 1.57. The summed E-state index contributed by atoms with van der Waals surface area (Å²) >= 11 is 1.64. The molecule has 1 N–H and O–H groups in total. The van der Waals surface area contributed by atoms with E-state index in [1.54, 1.807) is 18.0 Å². The van der Waals surface area contributed by atoms with E-state index in [-0.39, 0.29) is 30.7 Å². The average Bonchev–Trinajstić information content (AvgIpc) is 2.48. The number of piperidine rings is 1. The normalized spacial score (nSPS) is 14.7. The van der Waals surface area contributed by atoms with Crippen LogP contribution < -0.4 is 5.32 Å². The smallest absolute Gasteiger partial charge is 0.232 e. The van der Waals surface area contributed by atoms with E-state index < -0.39 is 0 Å². The lowest BCUT2D eigenvalue weighted by Gasteiger charge is -2.31. The fraction of sp³-hybridized carbons (Fsp3) is 0.571. The molecule has 1 aliphatic rings. The van der Waals surface area contributed by atoms with E-state index in [1.165, 1.54) is 0 Å². The predicted molar refractivity (Wildman–Crippen MR) is 93.6 cm³/mol. The van der Waals surface area contributed by atoms with Crippen LogP contribution in [0.5, 0.6) is 0 Å². The third-order valence-electron chi connectivity index (χ3n) is 3.45. The van der Waals surface area contributed by atoms with Crippen LogP contribution in [0, 0.1) is 0 Å². The largest absolute Gasteiger partial charge is 0.342 e. The molecule has 0 unspecified atom stereocenters. The molecule has 120 valence electrons. The number of thioether (sulfide) groups is 1. The Balaban J connectivity index is 0.00000200. The van der Waals surface area contributed by atoms with E-state index in [4.69, 9.17) is 0 Å². The zero-order valence-corrected chi connectivity index (χ0v) is 14.6. The SMILES string of the molecule is CN(C(=O)CSCc1ccccn1)C1CCNCC1.Cl.Cl. The molecular formula is C14H23Cl2N3OS. The van der Waals surface area contributed by atoms with Crippen molar-refractivity contribution in [2.24, 2.45) is 0 Å². The van der Waals surface area contributed by atoms with Crippen molar-refractivity contribution in [3.05, 3.63) is 30.1 Å². The maximum Gasteiger partial charge on any atom is 0.232 e. The molecule has 0 spiro atoms. The van der Waals surface area contributed by atoms with E-state index in [9.17, 15) is 4.79 Å². The fourth-order valence-corrected chi connectivity index (χ4v) is 3.09. The van der Waals surface area contributed by atoms with E-state index >= 15 is 0 Å². The highest BCUT2D eigenvalue weighted by molar-refractivity contribution is 7.99. The molecule has 1 saturated heterocycles. The monoisotopic (exact) mass is 351 g/mol. The molecule has 0 atom stereocenters. The van der Waals surface area contributed by atoms with Crippen LogP contribution in [-0.4, -0.2) is 47.7 Å². The number of hydrogen-bond acceptors (Lipinski definition) is 4. The molecule has 1 aromatic heterocycles. The first-order chi connectivity index (χ1) is 9.27. The van der Waals surface area contributed by atoms with Crippen molar-refractivity contribution in [2.45, 2.75) is 24.6 Å². The third kappa shape index (κ3) is 6.87. The Kier molecular flexibility index (Phi) is 10.9. The van der Waals surface area contributed by atoms with Gasteiger partial charge in [0.05, 0.1) is 11.4 Å². The zero-order valence-electron chi connectivity index (χ0n) is 12.2. The number of carbonyl (C=O) groups is 1. The number of pyridine rings is 1. The zero-order chi connectivity index (χ0) is 13.5. The number of hydrogen-bond donors (Lipinski definition) is 1. The minimum absolute atomic E-state index is 0. The highest BCUT2D eigenvalue weighted by atomic mass is 35.5.